The van der Waals surface area contributed by atoms with Crippen LogP contribution in [0.1, 0.15) is 0 Å². The van der Waals surface area contributed by atoms with Gasteiger partial charge in [-0.3, -0.25) is 0 Å². The van der Waals surface area contributed by atoms with Gasteiger partial charge in [0.2, 0.25) is 0 Å². The van der Waals surface area contributed by atoms with Crippen LogP contribution in [0.25, 0.3) is 0 Å². The molecular formula is C16H15F4NO6. The van der Waals surface area contributed by atoms with E-state index in [0.29, 0.717) is 0 Å². The number of nitrogens with zero attached hydrogens (tertiary/aromatic N) is 1. The van der Waals surface area contributed by atoms with Gasteiger partial charge in [-0.05, 0) is 12.1 Å². The van der Waals surface area contributed by atoms with Crippen LogP contribution in [-0.4, -0.2) is 52.3 Å². The zero-order valence-corrected chi connectivity index (χ0v) is 14.3. The molecule has 0 fully saturated rings. The maximum absolute atomic E-state index is 13.7. The second-order valence-corrected chi connectivity index (χ2v) is 5.23. The Labute approximate surface area is 151 Å². The van der Waals surface area contributed by atoms with E-state index in [0.717, 1.165) is 37.3 Å². The molecule has 2 rings (SSSR count). The van der Waals surface area contributed by atoms with Crippen molar-refractivity contribution in [2.75, 3.05) is 39.1 Å². The number of carbonyl (C=O) groups excluding carboxylic acids is 2. The Kier molecular flexibility index (Phi) is 6.26. The molecule has 11 heteroatoms. The summed E-state index contributed by atoms with van der Waals surface area (Å²) in [5.41, 5.74) is -0.833. The summed E-state index contributed by atoms with van der Waals surface area (Å²) in [6, 6.07) is 2.71. The second-order valence-electron chi connectivity index (χ2n) is 5.23. The highest BCUT2D eigenvalue weighted by molar-refractivity contribution is 6.03. The Bertz CT molecular complexity index is 762. The monoisotopic (exact) mass is 393 g/mol. The van der Waals surface area contributed by atoms with Crippen molar-refractivity contribution in [3.63, 3.8) is 0 Å². The fourth-order valence-electron chi connectivity index (χ4n) is 2.32. The van der Waals surface area contributed by atoms with E-state index in [2.05, 4.69) is 9.47 Å². The summed E-state index contributed by atoms with van der Waals surface area (Å²) >= 11 is 0. The first-order valence-corrected chi connectivity index (χ1v) is 7.42. The minimum Gasteiger partial charge on any atom is -0.482 e. The lowest BCUT2D eigenvalue weighted by Gasteiger charge is -2.32. The van der Waals surface area contributed by atoms with Gasteiger partial charge in [0.25, 0.3) is 0 Å². The number of ether oxygens (including phenoxy) is 4. The Morgan fingerprint density at radius 1 is 1.19 bits per heavy atom. The average Bonchev–Trinajstić information content (AvgIpc) is 2.64. The molecule has 0 saturated heterocycles. The van der Waals surface area contributed by atoms with E-state index in [9.17, 15) is 27.2 Å². The minimum absolute atomic E-state index is 0.235. The van der Waals surface area contributed by atoms with E-state index >= 15 is 0 Å². The third-order valence-corrected chi connectivity index (χ3v) is 3.44. The molecule has 0 aliphatic carbocycles. The summed E-state index contributed by atoms with van der Waals surface area (Å²) in [6.45, 7) is -2.31. The molecule has 1 aliphatic heterocycles. The number of esters is 2. The normalized spacial score (nSPS) is 14.8. The molecular weight excluding hydrogens is 378 g/mol. The summed E-state index contributed by atoms with van der Waals surface area (Å²) in [5, 5.41) is 0. The van der Waals surface area contributed by atoms with Crippen LogP contribution in [0, 0.1) is 5.82 Å². The van der Waals surface area contributed by atoms with E-state index in [1.54, 1.807) is 0 Å². The second kappa shape index (κ2) is 8.25. The number of anilines is 1. The van der Waals surface area contributed by atoms with E-state index in [-0.39, 0.29) is 36.0 Å². The fraction of sp³-hybridized carbons (Fsp3) is 0.375. The summed E-state index contributed by atoms with van der Waals surface area (Å²) in [7, 11) is 2.12. The zero-order chi connectivity index (χ0) is 20.2. The predicted octanol–water partition coefficient (Wildman–Crippen LogP) is 2.16. The summed E-state index contributed by atoms with van der Waals surface area (Å²) in [6.07, 6.45) is -4.64. The van der Waals surface area contributed by atoms with Crippen LogP contribution in [0.4, 0.5) is 23.2 Å². The highest BCUT2D eigenvalue weighted by atomic mass is 19.4. The van der Waals surface area contributed by atoms with E-state index < -0.39 is 30.5 Å². The maximum Gasteiger partial charge on any atom is 0.422 e. The van der Waals surface area contributed by atoms with Crippen molar-refractivity contribution in [3.8, 4) is 5.75 Å². The van der Waals surface area contributed by atoms with Gasteiger partial charge in [-0.25, -0.2) is 14.0 Å². The van der Waals surface area contributed by atoms with Gasteiger partial charge in [0, 0.05) is 6.07 Å². The molecule has 0 saturated carbocycles. The number of methoxy groups -OCH3 is 2. The van der Waals surface area contributed by atoms with Crippen molar-refractivity contribution in [1.29, 1.82) is 0 Å². The average molecular weight is 393 g/mol. The van der Waals surface area contributed by atoms with Gasteiger partial charge in [-0.2, -0.15) is 13.2 Å². The highest BCUT2D eigenvalue weighted by Crippen LogP contribution is 2.35. The number of hydrogen-bond donors (Lipinski definition) is 0. The maximum atomic E-state index is 13.7. The van der Waals surface area contributed by atoms with Gasteiger partial charge in [-0.1, -0.05) is 0 Å². The molecule has 1 heterocycles. The lowest BCUT2D eigenvalue weighted by Crippen LogP contribution is -2.39. The van der Waals surface area contributed by atoms with Crippen molar-refractivity contribution < 1.29 is 46.1 Å². The van der Waals surface area contributed by atoms with Crippen molar-refractivity contribution in [2.45, 2.75) is 6.18 Å². The standard InChI is InChI=1S/C16H15F4NO6/c1-24-14(22)10-6-26-8-21(13(10)15(23)25-2)11-5-9(17)3-4-12(11)27-7-16(18,19)20/h3-5H,6-8H2,1-2H3. The number of alkyl halides is 3. The van der Waals surface area contributed by atoms with Gasteiger partial charge >= 0.3 is 18.1 Å². The molecule has 0 unspecified atom stereocenters. The molecule has 0 aromatic heterocycles. The largest absolute Gasteiger partial charge is 0.482 e. The van der Waals surface area contributed by atoms with Crippen LogP contribution < -0.4 is 9.64 Å². The van der Waals surface area contributed by atoms with Crippen LogP contribution in [-0.2, 0) is 23.8 Å². The Morgan fingerprint density at radius 2 is 1.85 bits per heavy atom. The van der Waals surface area contributed by atoms with E-state index in [4.69, 9.17) is 9.47 Å². The van der Waals surface area contributed by atoms with Crippen molar-refractivity contribution in [3.05, 3.63) is 35.3 Å². The number of carbonyl (C=O) groups is 2. The first kappa shape index (κ1) is 20.5. The van der Waals surface area contributed by atoms with Crippen molar-refractivity contribution >= 4 is 17.6 Å². The zero-order valence-electron chi connectivity index (χ0n) is 14.3. The minimum atomic E-state index is -4.64. The first-order valence-electron chi connectivity index (χ1n) is 7.42. The Hall–Kier alpha value is -2.82. The molecule has 27 heavy (non-hydrogen) atoms. The Morgan fingerprint density at radius 3 is 2.44 bits per heavy atom. The number of benzene rings is 1. The third-order valence-electron chi connectivity index (χ3n) is 3.44. The van der Waals surface area contributed by atoms with Crippen LogP contribution in [0.3, 0.4) is 0 Å². The van der Waals surface area contributed by atoms with Crippen LogP contribution in [0.5, 0.6) is 5.75 Å². The molecule has 0 spiro atoms. The summed E-state index contributed by atoms with van der Waals surface area (Å²) in [4.78, 5) is 25.1. The predicted molar refractivity (Wildman–Crippen MR) is 82.3 cm³/mol. The van der Waals surface area contributed by atoms with Crippen LogP contribution >= 0.6 is 0 Å². The molecule has 1 aromatic rings. The van der Waals surface area contributed by atoms with E-state index in [1.165, 1.54) is 0 Å². The van der Waals surface area contributed by atoms with Gasteiger partial charge < -0.3 is 23.8 Å². The van der Waals surface area contributed by atoms with Crippen LogP contribution in [0.2, 0.25) is 0 Å². The van der Waals surface area contributed by atoms with Gasteiger partial charge in [0.1, 0.15) is 24.0 Å². The molecule has 148 valence electrons. The fourth-order valence-corrected chi connectivity index (χ4v) is 2.32. The van der Waals surface area contributed by atoms with Gasteiger partial charge in [0.15, 0.2) is 6.61 Å². The lowest BCUT2D eigenvalue weighted by atomic mass is 10.1. The molecule has 1 aliphatic rings. The summed E-state index contributed by atoms with van der Waals surface area (Å²) in [5.74, 6) is -3.07. The SMILES string of the molecule is COC(=O)C1=C(C(=O)OC)N(c2cc(F)ccc2OCC(F)(F)F)COC1. The van der Waals surface area contributed by atoms with Crippen molar-refractivity contribution in [1.82, 2.24) is 0 Å². The molecule has 7 nitrogen and oxygen atoms in total. The molecule has 0 radical (unpaired) electrons. The highest BCUT2D eigenvalue weighted by Gasteiger charge is 2.35. The molecule has 0 N–H and O–H groups in total. The quantitative estimate of drug-likeness (QED) is 0.561. The van der Waals surface area contributed by atoms with Gasteiger partial charge in [-0.15, -0.1) is 0 Å². The third kappa shape index (κ3) is 4.88. The Balaban J connectivity index is 2.55. The summed E-state index contributed by atoms with van der Waals surface area (Å²) < 4.78 is 70.3. The topological polar surface area (TPSA) is 74.3 Å². The van der Waals surface area contributed by atoms with Crippen LogP contribution in [0.15, 0.2) is 29.5 Å². The number of halogens is 4. The first-order chi connectivity index (χ1) is 12.7. The number of rotatable bonds is 5. The lowest BCUT2D eigenvalue weighted by molar-refractivity contribution is -0.153. The molecule has 1 aromatic carbocycles. The number of hydrogen-bond acceptors (Lipinski definition) is 7. The van der Waals surface area contributed by atoms with Crippen molar-refractivity contribution in [2.24, 2.45) is 0 Å². The molecule has 0 atom stereocenters. The van der Waals surface area contributed by atoms with E-state index in [1.807, 2.05) is 0 Å². The van der Waals surface area contributed by atoms with Gasteiger partial charge in [0.05, 0.1) is 32.1 Å². The smallest absolute Gasteiger partial charge is 0.422 e. The molecule has 0 amide bonds. The molecule has 0 bridgehead atoms.